The summed E-state index contributed by atoms with van der Waals surface area (Å²) in [6.07, 6.45) is 2.37. The molecule has 0 aromatic carbocycles. The summed E-state index contributed by atoms with van der Waals surface area (Å²) in [7, 11) is 1.63. The molecule has 0 saturated carbocycles. The van der Waals surface area contributed by atoms with Crippen molar-refractivity contribution < 1.29 is 9.59 Å². The SMILES string of the molecule is CC[C@H](N)C(=O)N1CCCC(C(=O)NC)C1. The summed E-state index contributed by atoms with van der Waals surface area (Å²) in [4.78, 5) is 25.1. The Morgan fingerprint density at radius 3 is 2.81 bits per heavy atom. The van der Waals surface area contributed by atoms with E-state index in [0.29, 0.717) is 13.0 Å². The zero-order valence-corrected chi connectivity index (χ0v) is 10.0. The Balaban J connectivity index is 2.56. The van der Waals surface area contributed by atoms with Gasteiger partial charge in [0.15, 0.2) is 0 Å². The van der Waals surface area contributed by atoms with Gasteiger partial charge in [-0.1, -0.05) is 6.92 Å². The Morgan fingerprint density at radius 2 is 2.25 bits per heavy atom. The van der Waals surface area contributed by atoms with Gasteiger partial charge in [-0.2, -0.15) is 0 Å². The van der Waals surface area contributed by atoms with Crippen LogP contribution < -0.4 is 11.1 Å². The van der Waals surface area contributed by atoms with Crippen molar-refractivity contribution in [1.82, 2.24) is 10.2 Å². The topological polar surface area (TPSA) is 75.4 Å². The molecule has 1 heterocycles. The third-order valence-corrected chi connectivity index (χ3v) is 3.11. The van der Waals surface area contributed by atoms with Crippen LogP contribution >= 0.6 is 0 Å². The molecule has 1 aliphatic rings. The molecule has 1 aliphatic heterocycles. The fourth-order valence-electron chi connectivity index (χ4n) is 2.00. The number of nitrogens with zero attached hydrogens (tertiary/aromatic N) is 1. The van der Waals surface area contributed by atoms with E-state index in [4.69, 9.17) is 5.73 Å². The number of likely N-dealkylation sites (tertiary alicyclic amines) is 1. The Bertz CT molecular complexity index is 268. The molecule has 1 rings (SSSR count). The fraction of sp³-hybridized carbons (Fsp3) is 0.818. The quantitative estimate of drug-likeness (QED) is 0.695. The van der Waals surface area contributed by atoms with Crippen LogP contribution in [0.4, 0.5) is 0 Å². The van der Waals surface area contributed by atoms with Crippen LogP contribution in [-0.4, -0.2) is 42.9 Å². The molecule has 2 amide bonds. The minimum Gasteiger partial charge on any atom is -0.359 e. The van der Waals surface area contributed by atoms with Crippen LogP contribution in [0.1, 0.15) is 26.2 Å². The highest BCUT2D eigenvalue weighted by Gasteiger charge is 2.29. The molecule has 2 atom stereocenters. The van der Waals surface area contributed by atoms with E-state index in [1.54, 1.807) is 11.9 Å². The van der Waals surface area contributed by atoms with Crippen molar-refractivity contribution in [1.29, 1.82) is 0 Å². The minimum absolute atomic E-state index is 0.0163. The molecule has 0 spiro atoms. The van der Waals surface area contributed by atoms with Crippen LogP contribution in [0.15, 0.2) is 0 Å². The molecule has 0 aliphatic carbocycles. The lowest BCUT2D eigenvalue weighted by Gasteiger charge is -2.33. The van der Waals surface area contributed by atoms with E-state index in [0.717, 1.165) is 19.4 Å². The normalized spacial score (nSPS) is 22.7. The zero-order valence-electron chi connectivity index (χ0n) is 10.0. The molecule has 92 valence electrons. The van der Waals surface area contributed by atoms with Gasteiger partial charge >= 0.3 is 0 Å². The van der Waals surface area contributed by atoms with Gasteiger partial charge in [0.25, 0.3) is 0 Å². The molecule has 0 bridgehead atoms. The van der Waals surface area contributed by atoms with Crippen molar-refractivity contribution in [2.75, 3.05) is 20.1 Å². The summed E-state index contributed by atoms with van der Waals surface area (Å²) < 4.78 is 0. The summed E-state index contributed by atoms with van der Waals surface area (Å²) >= 11 is 0. The van der Waals surface area contributed by atoms with Gasteiger partial charge < -0.3 is 16.0 Å². The molecule has 16 heavy (non-hydrogen) atoms. The highest BCUT2D eigenvalue weighted by atomic mass is 16.2. The van der Waals surface area contributed by atoms with Gasteiger partial charge in [0.2, 0.25) is 11.8 Å². The number of rotatable bonds is 3. The molecule has 0 aromatic heterocycles. The van der Waals surface area contributed by atoms with Crippen LogP contribution in [0.5, 0.6) is 0 Å². The van der Waals surface area contributed by atoms with Crippen molar-refractivity contribution >= 4 is 11.8 Å². The van der Waals surface area contributed by atoms with Gasteiger partial charge in [-0.15, -0.1) is 0 Å². The lowest BCUT2D eigenvalue weighted by molar-refractivity contribution is -0.136. The maximum Gasteiger partial charge on any atom is 0.239 e. The van der Waals surface area contributed by atoms with Crippen LogP contribution in [-0.2, 0) is 9.59 Å². The van der Waals surface area contributed by atoms with E-state index >= 15 is 0 Å². The first-order valence-corrected chi connectivity index (χ1v) is 5.86. The first kappa shape index (κ1) is 13.0. The number of nitrogens with one attached hydrogen (secondary N) is 1. The van der Waals surface area contributed by atoms with E-state index in [1.165, 1.54) is 0 Å². The van der Waals surface area contributed by atoms with E-state index in [2.05, 4.69) is 5.32 Å². The van der Waals surface area contributed by atoms with Crippen molar-refractivity contribution in [2.45, 2.75) is 32.2 Å². The average molecular weight is 227 g/mol. The Labute approximate surface area is 96.4 Å². The number of amides is 2. The number of hydrogen-bond donors (Lipinski definition) is 2. The maximum atomic E-state index is 11.9. The van der Waals surface area contributed by atoms with Gasteiger partial charge in [-0.3, -0.25) is 9.59 Å². The second kappa shape index (κ2) is 5.84. The second-order valence-electron chi connectivity index (χ2n) is 4.25. The molecule has 3 N–H and O–H groups in total. The van der Waals surface area contributed by atoms with Crippen LogP contribution in [0.25, 0.3) is 0 Å². The van der Waals surface area contributed by atoms with Gasteiger partial charge in [0.1, 0.15) is 0 Å². The molecular formula is C11H21N3O2. The third-order valence-electron chi connectivity index (χ3n) is 3.11. The summed E-state index contributed by atoms with van der Waals surface area (Å²) in [6, 6.07) is -0.427. The standard InChI is InChI=1S/C11H21N3O2/c1-3-9(12)11(16)14-6-4-5-8(7-14)10(15)13-2/h8-9H,3-7,12H2,1-2H3,(H,13,15)/t8?,9-/m0/s1. The second-order valence-corrected chi connectivity index (χ2v) is 4.25. The van der Waals surface area contributed by atoms with Crippen molar-refractivity contribution in [3.05, 3.63) is 0 Å². The molecule has 0 radical (unpaired) electrons. The third kappa shape index (κ3) is 2.95. The Morgan fingerprint density at radius 1 is 1.56 bits per heavy atom. The molecule has 0 aromatic rings. The van der Waals surface area contributed by atoms with E-state index < -0.39 is 6.04 Å². The van der Waals surface area contributed by atoms with Gasteiger partial charge in [0.05, 0.1) is 12.0 Å². The number of carbonyl (C=O) groups is 2. The largest absolute Gasteiger partial charge is 0.359 e. The monoisotopic (exact) mass is 227 g/mol. The predicted octanol–water partition coefficient (Wildman–Crippen LogP) is -0.292. The van der Waals surface area contributed by atoms with Crippen molar-refractivity contribution in [3.8, 4) is 0 Å². The number of piperidine rings is 1. The Kier molecular flexibility index (Phi) is 4.73. The first-order chi connectivity index (χ1) is 7.60. The average Bonchev–Trinajstić information content (AvgIpc) is 2.36. The van der Waals surface area contributed by atoms with Crippen molar-refractivity contribution in [2.24, 2.45) is 11.7 Å². The molecule has 1 saturated heterocycles. The first-order valence-electron chi connectivity index (χ1n) is 5.86. The summed E-state index contributed by atoms with van der Waals surface area (Å²) in [6.45, 7) is 3.12. The van der Waals surface area contributed by atoms with Crippen LogP contribution in [0.3, 0.4) is 0 Å². The number of hydrogen-bond acceptors (Lipinski definition) is 3. The Hall–Kier alpha value is -1.10. The smallest absolute Gasteiger partial charge is 0.239 e. The highest BCUT2D eigenvalue weighted by Crippen LogP contribution is 2.17. The van der Waals surface area contributed by atoms with Gasteiger partial charge in [-0.25, -0.2) is 0 Å². The molecule has 1 fully saturated rings. The fourth-order valence-corrected chi connectivity index (χ4v) is 2.00. The van der Waals surface area contributed by atoms with Crippen LogP contribution in [0.2, 0.25) is 0 Å². The van der Waals surface area contributed by atoms with Crippen molar-refractivity contribution in [3.63, 3.8) is 0 Å². The van der Waals surface area contributed by atoms with Gasteiger partial charge in [0, 0.05) is 20.1 Å². The molecule has 5 nitrogen and oxygen atoms in total. The summed E-state index contributed by atoms with van der Waals surface area (Å²) in [5, 5.41) is 2.63. The number of nitrogens with two attached hydrogens (primary N) is 1. The highest BCUT2D eigenvalue weighted by molar-refractivity contribution is 5.83. The van der Waals surface area contributed by atoms with Crippen LogP contribution in [0, 0.1) is 5.92 Å². The summed E-state index contributed by atoms with van der Waals surface area (Å²) in [5.74, 6) is -0.0922. The zero-order chi connectivity index (χ0) is 12.1. The van der Waals surface area contributed by atoms with E-state index in [9.17, 15) is 9.59 Å². The van der Waals surface area contributed by atoms with E-state index in [1.807, 2.05) is 6.92 Å². The maximum absolute atomic E-state index is 11.9. The lowest BCUT2D eigenvalue weighted by Crippen LogP contribution is -2.50. The molecule has 5 heteroatoms. The molecule has 1 unspecified atom stereocenters. The lowest BCUT2D eigenvalue weighted by atomic mass is 9.96. The van der Waals surface area contributed by atoms with Gasteiger partial charge in [-0.05, 0) is 19.3 Å². The molecular weight excluding hydrogens is 206 g/mol. The number of carbonyl (C=O) groups excluding carboxylic acids is 2. The van der Waals surface area contributed by atoms with E-state index in [-0.39, 0.29) is 17.7 Å². The minimum atomic E-state index is -0.427. The summed E-state index contributed by atoms with van der Waals surface area (Å²) in [5.41, 5.74) is 5.71. The predicted molar refractivity (Wildman–Crippen MR) is 61.6 cm³/mol.